The third-order valence-corrected chi connectivity index (χ3v) is 3.61. The number of hydrogen-bond acceptors (Lipinski definition) is 4. The maximum atomic E-state index is 11.9. The van der Waals surface area contributed by atoms with Crippen LogP contribution < -0.4 is 10.1 Å². The Morgan fingerprint density at radius 2 is 1.76 bits per heavy atom. The average Bonchev–Trinajstić information content (AvgIpc) is 2.52. The number of rotatable bonds is 5. The van der Waals surface area contributed by atoms with E-state index in [1.54, 1.807) is 33.9 Å². The predicted molar refractivity (Wildman–Crippen MR) is 95.0 cm³/mol. The zero-order valence-electron chi connectivity index (χ0n) is 14.8. The van der Waals surface area contributed by atoms with Crippen LogP contribution >= 0.6 is 0 Å². The van der Waals surface area contributed by atoms with Crippen LogP contribution in [0.5, 0.6) is 5.75 Å². The van der Waals surface area contributed by atoms with E-state index < -0.39 is 23.7 Å². The highest BCUT2D eigenvalue weighted by Gasteiger charge is 2.25. The lowest BCUT2D eigenvalue weighted by atomic mass is 9.98. The van der Waals surface area contributed by atoms with Crippen LogP contribution in [0.15, 0.2) is 36.4 Å². The molecule has 0 saturated carbocycles. The van der Waals surface area contributed by atoms with Crippen molar-refractivity contribution in [2.24, 2.45) is 0 Å². The maximum Gasteiger partial charge on any atom is 0.408 e. The molecule has 6 nitrogen and oxygen atoms in total. The standard InChI is InChI=1S/C19H23NO5/c1-19(2,3)25-18(23)20-15(17(21)22)11-12-9-10-16(24-4)14-8-6-5-7-13(12)14/h5-10,15H,11H2,1-4H3,(H,20,23)(H,21,22). The largest absolute Gasteiger partial charge is 0.496 e. The summed E-state index contributed by atoms with van der Waals surface area (Å²) in [4.78, 5) is 23.5. The molecule has 0 fully saturated rings. The molecule has 2 rings (SSSR count). The molecule has 2 aromatic rings. The van der Waals surface area contributed by atoms with Crippen molar-refractivity contribution in [2.75, 3.05) is 7.11 Å². The number of carbonyl (C=O) groups is 2. The summed E-state index contributed by atoms with van der Waals surface area (Å²) < 4.78 is 10.5. The number of ether oxygens (including phenoxy) is 2. The van der Waals surface area contributed by atoms with Crippen LogP contribution in [0.3, 0.4) is 0 Å². The van der Waals surface area contributed by atoms with E-state index in [0.29, 0.717) is 5.75 Å². The molecule has 0 heterocycles. The van der Waals surface area contributed by atoms with Crippen LogP contribution in [0.4, 0.5) is 4.79 Å². The van der Waals surface area contributed by atoms with Crippen molar-refractivity contribution in [2.45, 2.75) is 38.8 Å². The van der Waals surface area contributed by atoms with Crippen molar-refractivity contribution in [1.82, 2.24) is 5.32 Å². The molecule has 0 aliphatic heterocycles. The van der Waals surface area contributed by atoms with Gasteiger partial charge in [-0.05, 0) is 37.8 Å². The second kappa shape index (κ2) is 7.42. The first-order valence-corrected chi connectivity index (χ1v) is 7.98. The number of aliphatic carboxylic acids is 1. The van der Waals surface area contributed by atoms with E-state index in [0.717, 1.165) is 16.3 Å². The number of nitrogens with one attached hydrogen (secondary N) is 1. The molecule has 0 aliphatic carbocycles. The molecule has 1 unspecified atom stereocenters. The number of carboxylic acid groups (broad SMARTS) is 1. The van der Waals surface area contributed by atoms with Gasteiger partial charge in [0.25, 0.3) is 0 Å². The Labute approximate surface area is 146 Å². The molecule has 1 atom stereocenters. The molecule has 2 aromatic carbocycles. The fraction of sp³-hybridized carbons (Fsp3) is 0.368. The summed E-state index contributed by atoms with van der Waals surface area (Å²) in [6, 6.07) is 10.1. The summed E-state index contributed by atoms with van der Waals surface area (Å²) in [5.41, 5.74) is 0.111. The molecular weight excluding hydrogens is 322 g/mol. The monoisotopic (exact) mass is 345 g/mol. The first-order chi connectivity index (χ1) is 11.7. The molecule has 6 heteroatoms. The Balaban J connectivity index is 2.27. The first-order valence-electron chi connectivity index (χ1n) is 7.98. The zero-order valence-corrected chi connectivity index (χ0v) is 14.8. The highest BCUT2D eigenvalue weighted by Crippen LogP contribution is 2.29. The molecule has 0 aromatic heterocycles. The number of hydrogen-bond donors (Lipinski definition) is 2. The Morgan fingerprint density at radius 3 is 2.32 bits per heavy atom. The number of benzene rings is 2. The summed E-state index contributed by atoms with van der Waals surface area (Å²) in [7, 11) is 1.59. The summed E-state index contributed by atoms with van der Waals surface area (Å²) in [5.74, 6) is -0.405. The summed E-state index contributed by atoms with van der Waals surface area (Å²) >= 11 is 0. The van der Waals surface area contributed by atoms with E-state index in [1.807, 2.05) is 30.3 Å². The minimum absolute atomic E-state index is 0.138. The summed E-state index contributed by atoms with van der Waals surface area (Å²) in [6.07, 6.45) is -0.614. The van der Waals surface area contributed by atoms with E-state index in [1.165, 1.54) is 0 Å². The maximum absolute atomic E-state index is 11.9. The Kier molecular flexibility index (Phi) is 5.51. The van der Waals surface area contributed by atoms with Gasteiger partial charge in [-0.3, -0.25) is 0 Å². The van der Waals surface area contributed by atoms with Crippen LogP contribution in [-0.4, -0.2) is 35.9 Å². The lowest BCUT2D eigenvalue weighted by Crippen LogP contribution is -2.44. The van der Waals surface area contributed by atoms with Crippen molar-refractivity contribution in [1.29, 1.82) is 0 Å². The van der Waals surface area contributed by atoms with Crippen molar-refractivity contribution in [3.05, 3.63) is 42.0 Å². The molecule has 0 aliphatic rings. The number of carboxylic acids is 1. The molecule has 134 valence electrons. The average molecular weight is 345 g/mol. The van der Waals surface area contributed by atoms with E-state index >= 15 is 0 Å². The van der Waals surface area contributed by atoms with E-state index in [2.05, 4.69) is 5.32 Å². The van der Waals surface area contributed by atoms with Crippen molar-refractivity contribution in [3.63, 3.8) is 0 Å². The van der Waals surface area contributed by atoms with E-state index in [9.17, 15) is 14.7 Å². The van der Waals surface area contributed by atoms with Crippen LogP contribution in [0, 0.1) is 0 Å². The van der Waals surface area contributed by atoms with Gasteiger partial charge in [-0.15, -0.1) is 0 Å². The zero-order chi connectivity index (χ0) is 18.6. The van der Waals surface area contributed by atoms with Crippen LogP contribution in [0.25, 0.3) is 10.8 Å². The second-order valence-electron chi connectivity index (χ2n) is 6.71. The summed E-state index contributed by atoms with van der Waals surface area (Å²) in [6.45, 7) is 5.16. The number of amides is 1. The minimum atomic E-state index is -1.12. The minimum Gasteiger partial charge on any atom is -0.496 e. The SMILES string of the molecule is COc1ccc(CC(NC(=O)OC(C)(C)C)C(=O)O)c2ccccc12. The molecule has 1 amide bonds. The van der Waals surface area contributed by atoms with E-state index in [4.69, 9.17) is 9.47 Å². The smallest absolute Gasteiger partial charge is 0.408 e. The Bertz CT molecular complexity index is 779. The third kappa shape index (κ3) is 4.86. The van der Waals surface area contributed by atoms with Crippen molar-refractivity contribution >= 4 is 22.8 Å². The molecule has 2 N–H and O–H groups in total. The van der Waals surface area contributed by atoms with Crippen molar-refractivity contribution in [3.8, 4) is 5.75 Å². The van der Waals surface area contributed by atoms with Gasteiger partial charge in [-0.2, -0.15) is 0 Å². The van der Waals surface area contributed by atoms with Crippen LogP contribution in [0.2, 0.25) is 0 Å². The quantitative estimate of drug-likeness (QED) is 0.868. The number of fused-ring (bicyclic) bond motifs is 1. The highest BCUT2D eigenvalue weighted by molar-refractivity contribution is 5.92. The molecule has 0 spiro atoms. The van der Waals surface area contributed by atoms with Crippen molar-refractivity contribution < 1.29 is 24.2 Å². The Hall–Kier alpha value is -2.76. The highest BCUT2D eigenvalue weighted by atomic mass is 16.6. The third-order valence-electron chi connectivity index (χ3n) is 3.61. The lowest BCUT2D eigenvalue weighted by molar-refractivity contribution is -0.139. The van der Waals surface area contributed by atoms with Crippen LogP contribution in [0.1, 0.15) is 26.3 Å². The number of methoxy groups -OCH3 is 1. The molecule has 0 saturated heterocycles. The van der Waals surface area contributed by atoms with Gasteiger partial charge in [0.1, 0.15) is 17.4 Å². The van der Waals surface area contributed by atoms with Gasteiger partial charge in [0.15, 0.2) is 0 Å². The molecule has 0 bridgehead atoms. The predicted octanol–water partition coefficient (Wildman–Crippen LogP) is 3.37. The van der Waals surface area contributed by atoms with Gasteiger partial charge in [0, 0.05) is 11.8 Å². The Morgan fingerprint density at radius 1 is 1.12 bits per heavy atom. The van der Waals surface area contributed by atoms with Gasteiger partial charge in [-0.25, -0.2) is 9.59 Å². The fourth-order valence-electron chi connectivity index (χ4n) is 2.56. The van der Waals surface area contributed by atoms with Crippen LogP contribution in [-0.2, 0) is 16.0 Å². The molecular formula is C19H23NO5. The molecule has 0 radical (unpaired) electrons. The van der Waals surface area contributed by atoms with Gasteiger partial charge < -0.3 is 19.9 Å². The lowest BCUT2D eigenvalue weighted by Gasteiger charge is -2.22. The van der Waals surface area contributed by atoms with Gasteiger partial charge >= 0.3 is 12.1 Å². The molecule has 25 heavy (non-hydrogen) atoms. The van der Waals surface area contributed by atoms with Gasteiger partial charge in [0.2, 0.25) is 0 Å². The number of alkyl carbamates (subject to hydrolysis) is 1. The summed E-state index contributed by atoms with van der Waals surface area (Å²) in [5, 5.41) is 13.7. The van der Waals surface area contributed by atoms with Gasteiger partial charge in [-0.1, -0.05) is 30.3 Å². The normalized spacial score (nSPS) is 12.5. The number of carbonyl (C=O) groups excluding carboxylic acids is 1. The van der Waals surface area contributed by atoms with Gasteiger partial charge in [0.05, 0.1) is 7.11 Å². The topological polar surface area (TPSA) is 84.9 Å². The fourth-order valence-corrected chi connectivity index (χ4v) is 2.56. The first kappa shape index (κ1) is 18.6. The van der Waals surface area contributed by atoms with E-state index in [-0.39, 0.29) is 6.42 Å². The second-order valence-corrected chi connectivity index (χ2v) is 6.71.